The Labute approximate surface area is 148 Å². The highest BCUT2D eigenvalue weighted by atomic mass is 16.2. The first-order chi connectivity index (χ1) is 12.0. The molecule has 1 aromatic rings. The number of nitrogens with zero attached hydrogens (tertiary/aromatic N) is 2. The number of benzene rings is 1. The van der Waals surface area contributed by atoms with Gasteiger partial charge in [0.25, 0.3) is 5.91 Å². The number of piperidine rings is 1. The van der Waals surface area contributed by atoms with E-state index in [1.54, 1.807) is 0 Å². The fraction of sp³-hybridized carbons (Fsp3) is 0.526. The normalized spacial score (nSPS) is 20.7. The topological polar surface area (TPSA) is 69.7 Å². The van der Waals surface area contributed by atoms with Crippen LogP contribution >= 0.6 is 0 Å². The van der Waals surface area contributed by atoms with Gasteiger partial charge >= 0.3 is 6.03 Å². The molecule has 1 aromatic carbocycles. The summed E-state index contributed by atoms with van der Waals surface area (Å²) in [5.74, 6) is 0.152. The number of imide groups is 1. The molecule has 6 nitrogen and oxygen atoms in total. The molecule has 0 unspecified atom stereocenters. The van der Waals surface area contributed by atoms with E-state index < -0.39 is 5.54 Å². The van der Waals surface area contributed by atoms with Crippen LogP contribution in [0.2, 0.25) is 0 Å². The highest BCUT2D eigenvalue weighted by Crippen LogP contribution is 2.30. The molecule has 2 aliphatic rings. The van der Waals surface area contributed by atoms with Crippen molar-refractivity contribution in [2.24, 2.45) is 0 Å². The number of urea groups is 1. The van der Waals surface area contributed by atoms with Gasteiger partial charge in [-0.25, -0.2) is 4.79 Å². The van der Waals surface area contributed by atoms with Gasteiger partial charge in [0.05, 0.1) is 0 Å². The summed E-state index contributed by atoms with van der Waals surface area (Å²) in [4.78, 5) is 39.7. The minimum atomic E-state index is -0.813. The van der Waals surface area contributed by atoms with Crippen molar-refractivity contribution in [2.75, 3.05) is 20.1 Å². The van der Waals surface area contributed by atoms with E-state index in [-0.39, 0.29) is 23.8 Å². The zero-order chi connectivity index (χ0) is 18.0. The molecule has 3 rings (SSSR count). The highest BCUT2D eigenvalue weighted by Gasteiger charge is 2.51. The molecule has 2 aliphatic heterocycles. The summed E-state index contributed by atoms with van der Waals surface area (Å²) in [7, 11) is 1.50. The quantitative estimate of drug-likeness (QED) is 0.851. The van der Waals surface area contributed by atoms with E-state index in [1.165, 1.54) is 12.6 Å². The maximum Gasteiger partial charge on any atom is 0.324 e. The molecule has 1 spiro atoms. The lowest BCUT2D eigenvalue weighted by Crippen LogP contribution is -2.55. The molecular weight excluding hydrogens is 318 g/mol. The largest absolute Gasteiger partial charge is 0.342 e. The van der Waals surface area contributed by atoms with Gasteiger partial charge in [-0.2, -0.15) is 0 Å². The molecule has 25 heavy (non-hydrogen) atoms. The smallest absolute Gasteiger partial charge is 0.324 e. The van der Waals surface area contributed by atoms with Crippen LogP contribution in [0.25, 0.3) is 0 Å². The Morgan fingerprint density at radius 3 is 2.36 bits per heavy atom. The van der Waals surface area contributed by atoms with Crippen molar-refractivity contribution in [2.45, 2.75) is 44.1 Å². The monoisotopic (exact) mass is 343 g/mol. The summed E-state index contributed by atoms with van der Waals surface area (Å²) in [6, 6.07) is 9.76. The summed E-state index contributed by atoms with van der Waals surface area (Å²) in [6.07, 6.45) is 2.35. The molecule has 2 saturated heterocycles. The number of amides is 4. The minimum absolute atomic E-state index is 0.121. The van der Waals surface area contributed by atoms with E-state index in [1.807, 2.05) is 23.1 Å². The Kier molecular flexibility index (Phi) is 4.79. The molecule has 0 aliphatic carbocycles. The van der Waals surface area contributed by atoms with Crippen LogP contribution in [0.1, 0.15) is 44.1 Å². The Morgan fingerprint density at radius 1 is 1.20 bits per heavy atom. The molecule has 1 N–H and O–H groups in total. The van der Waals surface area contributed by atoms with Crippen LogP contribution in [0.15, 0.2) is 30.3 Å². The van der Waals surface area contributed by atoms with Crippen molar-refractivity contribution < 1.29 is 14.4 Å². The van der Waals surface area contributed by atoms with Gasteiger partial charge in [0.15, 0.2) is 0 Å². The van der Waals surface area contributed by atoms with E-state index in [9.17, 15) is 14.4 Å². The van der Waals surface area contributed by atoms with Crippen LogP contribution in [0.3, 0.4) is 0 Å². The number of rotatable bonds is 4. The van der Waals surface area contributed by atoms with Crippen LogP contribution in [-0.4, -0.2) is 53.3 Å². The fourth-order valence-corrected chi connectivity index (χ4v) is 3.79. The molecular formula is C19H25N3O3. The number of carbonyl (C=O) groups excluding carboxylic acids is 3. The number of likely N-dealkylation sites (tertiary alicyclic amines) is 1. The van der Waals surface area contributed by atoms with E-state index in [0.29, 0.717) is 32.4 Å². The van der Waals surface area contributed by atoms with Crippen molar-refractivity contribution in [3.8, 4) is 0 Å². The van der Waals surface area contributed by atoms with Gasteiger partial charge in [-0.05, 0) is 30.7 Å². The molecule has 4 amide bonds. The number of likely N-dealkylation sites (N-methyl/N-ethyl adjacent to an activating group) is 1. The van der Waals surface area contributed by atoms with E-state index in [4.69, 9.17) is 0 Å². The van der Waals surface area contributed by atoms with Crippen LogP contribution in [0.5, 0.6) is 0 Å². The van der Waals surface area contributed by atoms with Crippen LogP contribution in [0.4, 0.5) is 4.79 Å². The van der Waals surface area contributed by atoms with Crippen molar-refractivity contribution in [1.82, 2.24) is 15.1 Å². The van der Waals surface area contributed by atoms with Crippen molar-refractivity contribution >= 4 is 17.8 Å². The third-order valence-corrected chi connectivity index (χ3v) is 5.52. The first kappa shape index (κ1) is 17.5. The van der Waals surface area contributed by atoms with Crippen LogP contribution < -0.4 is 5.32 Å². The standard InChI is InChI=1S/C19H25N3O3/c1-3-14(15-7-5-4-6-8-15)13-16(23)22-11-9-19(10-12-22)17(24)21(2)18(25)20-19/h4-8,14H,3,9-13H2,1-2H3,(H,20,25)/t14-/m1/s1. The maximum absolute atomic E-state index is 12.7. The molecule has 2 heterocycles. The molecule has 0 aromatic heterocycles. The lowest BCUT2D eigenvalue weighted by molar-refractivity contribution is -0.138. The van der Waals surface area contributed by atoms with Crippen molar-refractivity contribution in [3.05, 3.63) is 35.9 Å². The Balaban J connectivity index is 1.60. The van der Waals surface area contributed by atoms with Crippen LogP contribution in [0, 0.1) is 0 Å². The average molecular weight is 343 g/mol. The Morgan fingerprint density at radius 2 is 1.84 bits per heavy atom. The van der Waals surface area contributed by atoms with Crippen molar-refractivity contribution in [3.63, 3.8) is 0 Å². The predicted octanol–water partition coefficient (Wildman–Crippen LogP) is 2.11. The summed E-state index contributed by atoms with van der Waals surface area (Å²) in [5, 5.41) is 2.81. The van der Waals surface area contributed by atoms with Gasteiger partial charge in [-0.15, -0.1) is 0 Å². The Hall–Kier alpha value is -2.37. The molecule has 0 bridgehead atoms. The second kappa shape index (κ2) is 6.86. The van der Waals surface area contributed by atoms with Gasteiger partial charge < -0.3 is 10.2 Å². The third kappa shape index (κ3) is 3.25. The van der Waals surface area contributed by atoms with Gasteiger partial charge in [0.2, 0.25) is 5.91 Å². The second-order valence-corrected chi connectivity index (χ2v) is 6.98. The highest BCUT2D eigenvalue weighted by molar-refractivity contribution is 6.06. The third-order valence-electron chi connectivity index (χ3n) is 5.52. The molecule has 6 heteroatoms. The van der Waals surface area contributed by atoms with Gasteiger partial charge in [0, 0.05) is 26.6 Å². The molecule has 134 valence electrons. The first-order valence-electron chi connectivity index (χ1n) is 8.90. The Bertz CT molecular complexity index is 666. The summed E-state index contributed by atoms with van der Waals surface area (Å²) in [6.45, 7) is 3.10. The van der Waals surface area contributed by atoms with Crippen LogP contribution in [-0.2, 0) is 9.59 Å². The first-order valence-corrected chi connectivity index (χ1v) is 8.90. The second-order valence-electron chi connectivity index (χ2n) is 6.98. The number of nitrogens with one attached hydrogen (secondary N) is 1. The molecule has 2 fully saturated rings. The number of hydrogen-bond donors (Lipinski definition) is 1. The zero-order valence-electron chi connectivity index (χ0n) is 14.8. The fourth-order valence-electron chi connectivity index (χ4n) is 3.79. The zero-order valence-corrected chi connectivity index (χ0v) is 14.8. The number of hydrogen-bond acceptors (Lipinski definition) is 3. The van der Waals surface area contributed by atoms with Crippen molar-refractivity contribution in [1.29, 1.82) is 0 Å². The summed E-state index contributed by atoms with van der Waals surface area (Å²) < 4.78 is 0. The number of carbonyl (C=O) groups is 3. The van der Waals surface area contributed by atoms with E-state index in [0.717, 1.165) is 11.3 Å². The average Bonchev–Trinajstić information content (AvgIpc) is 2.84. The van der Waals surface area contributed by atoms with E-state index >= 15 is 0 Å². The van der Waals surface area contributed by atoms with Gasteiger partial charge in [-0.1, -0.05) is 37.3 Å². The molecule has 1 atom stereocenters. The van der Waals surface area contributed by atoms with Gasteiger partial charge in [0.1, 0.15) is 5.54 Å². The summed E-state index contributed by atoms with van der Waals surface area (Å²) >= 11 is 0. The maximum atomic E-state index is 12.7. The lowest BCUT2D eigenvalue weighted by Gasteiger charge is -2.37. The van der Waals surface area contributed by atoms with E-state index in [2.05, 4.69) is 24.4 Å². The molecule has 0 saturated carbocycles. The predicted molar refractivity (Wildman–Crippen MR) is 93.9 cm³/mol. The van der Waals surface area contributed by atoms with Gasteiger partial charge in [-0.3, -0.25) is 14.5 Å². The summed E-state index contributed by atoms with van der Waals surface area (Å²) in [5.41, 5.74) is 0.373. The lowest BCUT2D eigenvalue weighted by atomic mass is 9.86. The SMILES string of the molecule is CC[C@H](CC(=O)N1CCC2(CC1)NC(=O)N(C)C2=O)c1ccccc1. The minimum Gasteiger partial charge on any atom is -0.342 e. The molecule has 0 radical (unpaired) electrons.